The molecule has 238 valence electrons. The number of alkyl halides is 3. The van der Waals surface area contributed by atoms with Gasteiger partial charge >= 0.3 is 18.4 Å². The molecule has 45 heavy (non-hydrogen) atoms. The van der Waals surface area contributed by atoms with Gasteiger partial charge in [-0.3, -0.25) is 15.1 Å². The number of halogens is 5. The van der Waals surface area contributed by atoms with Gasteiger partial charge in [-0.15, -0.1) is 0 Å². The second kappa shape index (κ2) is 12.9. The number of carbonyl (C=O) groups is 3. The van der Waals surface area contributed by atoms with Crippen LogP contribution in [0.2, 0.25) is 5.02 Å². The number of benzene rings is 2. The zero-order valence-corrected chi connectivity index (χ0v) is 25.0. The summed E-state index contributed by atoms with van der Waals surface area (Å²) in [6, 6.07) is 9.28. The molecule has 2 N–H and O–H groups in total. The van der Waals surface area contributed by atoms with Crippen molar-refractivity contribution in [1.82, 2.24) is 9.88 Å². The fourth-order valence-corrected chi connectivity index (χ4v) is 5.80. The first kappa shape index (κ1) is 32.0. The molecule has 2 aromatic carbocycles. The van der Waals surface area contributed by atoms with E-state index in [0.29, 0.717) is 53.5 Å². The maximum absolute atomic E-state index is 14.9. The van der Waals surface area contributed by atoms with Crippen LogP contribution in [0.15, 0.2) is 48.7 Å². The summed E-state index contributed by atoms with van der Waals surface area (Å²) in [6.07, 6.45) is -5.15. The smallest absolute Gasteiger partial charge is 0.416 e. The van der Waals surface area contributed by atoms with Crippen LogP contribution in [0.3, 0.4) is 0 Å². The zero-order valence-electron chi connectivity index (χ0n) is 24.2. The lowest BCUT2D eigenvalue weighted by Gasteiger charge is -2.38. The fourth-order valence-electron chi connectivity index (χ4n) is 5.64. The fraction of sp³-hybridized carbons (Fsp3) is 0.355. The van der Waals surface area contributed by atoms with Gasteiger partial charge in [0.15, 0.2) is 0 Å². The second-order valence-electron chi connectivity index (χ2n) is 10.9. The van der Waals surface area contributed by atoms with E-state index in [4.69, 9.17) is 16.3 Å². The van der Waals surface area contributed by atoms with Gasteiger partial charge in [0.05, 0.1) is 35.1 Å². The summed E-state index contributed by atoms with van der Waals surface area (Å²) in [5, 5.41) is 4.98. The molecule has 9 nitrogen and oxygen atoms in total. The van der Waals surface area contributed by atoms with Crippen molar-refractivity contribution in [2.24, 2.45) is 5.92 Å². The number of rotatable bonds is 3. The van der Waals surface area contributed by atoms with E-state index in [-0.39, 0.29) is 18.9 Å². The Morgan fingerprint density at radius 1 is 1.13 bits per heavy atom. The van der Waals surface area contributed by atoms with Crippen LogP contribution in [-0.2, 0) is 20.4 Å². The number of nitrogens with one attached hydrogen (secondary N) is 2. The number of anilines is 2. The second-order valence-corrected chi connectivity index (χ2v) is 11.3. The van der Waals surface area contributed by atoms with E-state index in [1.807, 2.05) is 0 Å². The highest BCUT2D eigenvalue weighted by molar-refractivity contribution is 6.30. The number of amides is 3. The summed E-state index contributed by atoms with van der Waals surface area (Å²) in [5.74, 6) is -1.96. The Balaban J connectivity index is 1.49. The third kappa shape index (κ3) is 6.82. The van der Waals surface area contributed by atoms with Crippen LogP contribution < -0.4 is 10.6 Å². The Kier molecular flexibility index (Phi) is 9.19. The minimum Gasteiger partial charge on any atom is -0.453 e. The Hall–Kier alpha value is -4.39. The number of cyclic esters (lactones) is 1. The van der Waals surface area contributed by atoms with Gasteiger partial charge < -0.3 is 19.7 Å². The Labute approximate surface area is 260 Å². The van der Waals surface area contributed by atoms with Crippen molar-refractivity contribution < 1.29 is 41.4 Å². The van der Waals surface area contributed by atoms with E-state index in [2.05, 4.69) is 20.4 Å². The first-order chi connectivity index (χ1) is 21.4. The van der Waals surface area contributed by atoms with Gasteiger partial charge in [-0.05, 0) is 60.9 Å². The normalized spacial score (nSPS) is 20.6. The SMILES string of the molecule is COC(=O)Nc1ccc2c(c1)NC(=O)[C@H](C)CCC[C@H](N1CC[C@@H](c3c(C(F)(F)F)ccc(Cl)c3F)OC1=O)c1ccnc-2c1. The standard InChI is InChI=1S/C31H29ClF4N4O5/c1-16-4-3-5-24(40-13-11-25(45-30(40)43)26-20(31(34,35)36)8-9-21(32)27(26)33)17-10-12-37-22(14-17)19-7-6-18(38-29(42)44-2)15-23(19)39-28(16)41/h6-10,12,14-16,24-25H,3-5,11,13H2,1-2H3,(H,38,42)(H,39,41)/t16-,24+,25+/m1/s1. The molecule has 2 bridgehead atoms. The molecule has 0 aliphatic carbocycles. The van der Waals surface area contributed by atoms with E-state index in [1.165, 1.54) is 12.0 Å². The molecule has 3 heterocycles. The summed E-state index contributed by atoms with van der Waals surface area (Å²) >= 11 is 5.81. The van der Waals surface area contributed by atoms with E-state index < -0.39 is 58.4 Å². The summed E-state index contributed by atoms with van der Waals surface area (Å²) < 4.78 is 66.3. The number of nitrogens with zero attached hydrogens (tertiary/aromatic N) is 2. The first-order valence-corrected chi connectivity index (χ1v) is 14.5. The minimum absolute atomic E-state index is 0.0236. The topological polar surface area (TPSA) is 110 Å². The number of hydrogen-bond donors (Lipinski definition) is 2. The predicted molar refractivity (Wildman–Crippen MR) is 157 cm³/mol. The predicted octanol–water partition coefficient (Wildman–Crippen LogP) is 8.12. The molecule has 1 fully saturated rings. The molecule has 3 atom stereocenters. The highest BCUT2D eigenvalue weighted by Crippen LogP contribution is 2.43. The van der Waals surface area contributed by atoms with Crippen molar-refractivity contribution in [2.75, 3.05) is 24.3 Å². The summed E-state index contributed by atoms with van der Waals surface area (Å²) in [7, 11) is 1.23. The lowest BCUT2D eigenvalue weighted by atomic mass is 9.93. The summed E-state index contributed by atoms with van der Waals surface area (Å²) in [5.41, 5.74) is 0.412. The highest BCUT2D eigenvalue weighted by Gasteiger charge is 2.42. The molecule has 0 unspecified atom stereocenters. The van der Waals surface area contributed by atoms with Crippen molar-refractivity contribution in [3.8, 4) is 11.3 Å². The van der Waals surface area contributed by atoms with Gasteiger partial charge in [0.2, 0.25) is 5.91 Å². The number of fused-ring (bicyclic) bond motifs is 4. The first-order valence-electron chi connectivity index (χ1n) is 14.2. The molecule has 2 aliphatic heterocycles. The van der Waals surface area contributed by atoms with Crippen LogP contribution in [-0.4, -0.2) is 41.6 Å². The molecule has 0 spiro atoms. The van der Waals surface area contributed by atoms with E-state index >= 15 is 0 Å². The van der Waals surface area contributed by atoms with Crippen molar-refractivity contribution in [2.45, 2.75) is 50.9 Å². The molecule has 1 aromatic heterocycles. The molecule has 14 heteroatoms. The average Bonchev–Trinajstić information content (AvgIpc) is 3.00. The van der Waals surface area contributed by atoms with Gasteiger partial charge in [0.1, 0.15) is 11.9 Å². The van der Waals surface area contributed by atoms with E-state index in [0.717, 1.165) is 6.07 Å². The molecule has 0 saturated carbocycles. The molecule has 0 radical (unpaired) electrons. The van der Waals surface area contributed by atoms with Crippen LogP contribution in [0.1, 0.15) is 61.4 Å². The molecule has 5 rings (SSSR count). The maximum Gasteiger partial charge on any atom is 0.416 e. The average molecular weight is 649 g/mol. The van der Waals surface area contributed by atoms with Gasteiger partial charge in [-0.1, -0.05) is 24.9 Å². The Morgan fingerprint density at radius 3 is 2.62 bits per heavy atom. The largest absolute Gasteiger partial charge is 0.453 e. The number of methoxy groups -OCH3 is 1. The number of aromatic nitrogens is 1. The summed E-state index contributed by atoms with van der Waals surface area (Å²) in [6.45, 7) is 1.74. The number of hydrogen-bond acceptors (Lipinski definition) is 6. The zero-order chi connectivity index (χ0) is 32.5. The van der Waals surface area contributed by atoms with E-state index in [1.54, 1.807) is 43.5 Å². The number of carbonyl (C=O) groups excluding carboxylic acids is 3. The monoisotopic (exact) mass is 648 g/mol. The third-order valence-corrected chi connectivity index (χ3v) is 8.25. The van der Waals surface area contributed by atoms with Gasteiger partial charge in [0, 0.05) is 41.9 Å². The lowest BCUT2D eigenvalue weighted by Crippen LogP contribution is -2.42. The molecule has 2 aliphatic rings. The van der Waals surface area contributed by atoms with Crippen molar-refractivity contribution >= 4 is 41.1 Å². The Morgan fingerprint density at radius 2 is 1.91 bits per heavy atom. The van der Waals surface area contributed by atoms with Crippen molar-refractivity contribution in [3.05, 3.63) is 76.2 Å². The van der Waals surface area contributed by atoms with Crippen LogP contribution in [0.25, 0.3) is 11.3 Å². The van der Waals surface area contributed by atoms with E-state index in [9.17, 15) is 31.9 Å². The molecule has 3 aromatic rings. The minimum atomic E-state index is -4.89. The maximum atomic E-state index is 14.9. The van der Waals surface area contributed by atoms with Crippen LogP contribution in [0.4, 0.5) is 38.5 Å². The lowest BCUT2D eigenvalue weighted by molar-refractivity contribution is -0.140. The molecular formula is C31H29ClF4N4O5. The van der Waals surface area contributed by atoms with Crippen LogP contribution in [0, 0.1) is 11.7 Å². The van der Waals surface area contributed by atoms with Gasteiger partial charge in [-0.2, -0.15) is 13.2 Å². The molecule has 3 amide bonds. The molecule has 1 saturated heterocycles. The molecular weight excluding hydrogens is 620 g/mol. The van der Waals surface area contributed by atoms with Crippen LogP contribution in [0.5, 0.6) is 0 Å². The number of pyridine rings is 1. The Bertz CT molecular complexity index is 1640. The van der Waals surface area contributed by atoms with Gasteiger partial charge in [0.25, 0.3) is 0 Å². The van der Waals surface area contributed by atoms with Gasteiger partial charge in [-0.25, -0.2) is 14.0 Å². The van der Waals surface area contributed by atoms with Crippen molar-refractivity contribution in [1.29, 1.82) is 0 Å². The highest BCUT2D eigenvalue weighted by atomic mass is 35.5. The van der Waals surface area contributed by atoms with Crippen molar-refractivity contribution in [3.63, 3.8) is 0 Å². The van der Waals surface area contributed by atoms with Crippen LogP contribution >= 0.6 is 11.6 Å². The third-order valence-electron chi connectivity index (χ3n) is 7.96. The quantitative estimate of drug-likeness (QED) is 0.278. The number of ether oxygens (including phenoxy) is 2. The summed E-state index contributed by atoms with van der Waals surface area (Å²) in [4.78, 5) is 44.2.